The first kappa shape index (κ1) is 15.0. The Balaban J connectivity index is 3.11. The Kier molecular flexibility index (Phi) is 5.67. The van der Waals surface area contributed by atoms with E-state index in [1.165, 1.54) is 11.3 Å². The molecule has 1 aromatic carbocycles. The highest BCUT2D eigenvalue weighted by molar-refractivity contribution is 5.55. The molecule has 0 aliphatic carbocycles. The number of rotatable bonds is 6. The van der Waals surface area contributed by atoms with E-state index in [2.05, 4.69) is 63.8 Å². The average Bonchev–Trinajstić information content (AvgIpc) is 2.34. The molecule has 0 aromatic heterocycles. The van der Waals surface area contributed by atoms with Crippen LogP contribution in [0.15, 0.2) is 24.3 Å². The van der Waals surface area contributed by atoms with E-state index in [0.29, 0.717) is 12.0 Å². The number of anilines is 1. The molecule has 0 bridgehead atoms. The highest BCUT2D eigenvalue weighted by atomic mass is 15.2. The van der Waals surface area contributed by atoms with E-state index in [0.717, 1.165) is 13.0 Å². The van der Waals surface area contributed by atoms with E-state index in [1.54, 1.807) is 0 Å². The molecule has 102 valence electrons. The average molecular weight is 248 g/mol. The summed E-state index contributed by atoms with van der Waals surface area (Å²) in [6, 6.07) is 9.19. The normalized spacial score (nSPS) is 13.1. The summed E-state index contributed by atoms with van der Waals surface area (Å²) in [7, 11) is 0. The van der Waals surface area contributed by atoms with Gasteiger partial charge in [-0.25, -0.2) is 0 Å². The minimum absolute atomic E-state index is 0.134. The van der Waals surface area contributed by atoms with Gasteiger partial charge in [-0.15, -0.1) is 0 Å². The molecule has 1 rings (SSSR count). The second-order valence-corrected chi connectivity index (χ2v) is 5.71. The summed E-state index contributed by atoms with van der Waals surface area (Å²) in [6.07, 6.45) is 0.977. The van der Waals surface area contributed by atoms with Gasteiger partial charge in [0.25, 0.3) is 0 Å². The Morgan fingerprint density at radius 2 is 1.72 bits per heavy atom. The van der Waals surface area contributed by atoms with Gasteiger partial charge in [0.15, 0.2) is 0 Å². The van der Waals surface area contributed by atoms with Crippen molar-refractivity contribution in [3.8, 4) is 0 Å². The molecule has 0 unspecified atom stereocenters. The summed E-state index contributed by atoms with van der Waals surface area (Å²) in [5, 5.41) is 0. The van der Waals surface area contributed by atoms with E-state index >= 15 is 0 Å². The van der Waals surface area contributed by atoms with Gasteiger partial charge < -0.3 is 10.6 Å². The zero-order chi connectivity index (χ0) is 13.7. The zero-order valence-electron chi connectivity index (χ0n) is 12.5. The largest absolute Gasteiger partial charge is 0.369 e. The van der Waals surface area contributed by atoms with Gasteiger partial charge in [-0.2, -0.15) is 0 Å². The van der Waals surface area contributed by atoms with Crippen molar-refractivity contribution in [2.45, 2.75) is 53.1 Å². The van der Waals surface area contributed by atoms with Crippen molar-refractivity contribution >= 4 is 5.69 Å². The van der Waals surface area contributed by atoms with Crippen molar-refractivity contribution in [2.24, 2.45) is 11.7 Å². The first-order valence-electron chi connectivity index (χ1n) is 7.08. The monoisotopic (exact) mass is 248 g/mol. The Bertz CT molecular complexity index is 358. The van der Waals surface area contributed by atoms with Crippen molar-refractivity contribution in [3.05, 3.63) is 29.8 Å². The number of nitrogens with zero attached hydrogens (tertiary/aromatic N) is 1. The SMILES string of the molecule is CC[C@@H](N)c1ccccc1N(CC(C)C)C(C)C. The van der Waals surface area contributed by atoms with Gasteiger partial charge in [-0.1, -0.05) is 39.0 Å². The van der Waals surface area contributed by atoms with E-state index in [9.17, 15) is 0 Å². The first-order valence-corrected chi connectivity index (χ1v) is 7.08. The molecule has 1 atom stereocenters. The molecule has 1 aromatic rings. The van der Waals surface area contributed by atoms with Gasteiger partial charge in [-0.05, 0) is 37.8 Å². The fourth-order valence-electron chi connectivity index (χ4n) is 2.26. The highest BCUT2D eigenvalue weighted by Crippen LogP contribution is 2.28. The molecule has 0 fully saturated rings. The Hall–Kier alpha value is -1.02. The lowest BCUT2D eigenvalue weighted by Crippen LogP contribution is -2.35. The van der Waals surface area contributed by atoms with Crippen LogP contribution >= 0.6 is 0 Å². The predicted octanol–water partition coefficient (Wildman–Crippen LogP) is 3.97. The van der Waals surface area contributed by atoms with E-state index in [4.69, 9.17) is 5.73 Å². The lowest BCUT2D eigenvalue weighted by molar-refractivity contribution is 0.565. The summed E-state index contributed by atoms with van der Waals surface area (Å²) in [5.41, 5.74) is 8.81. The van der Waals surface area contributed by atoms with E-state index < -0.39 is 0 Å². The molecular formula is C16H28N2. The summed E-state index contributed by atoms with van der Waals surface area (Å²) in [4.78, 5) is 2.47. The van der Waals surface area contributed by atoms with Gasteiger partial charge in [0.1, 0.15) is 0 Å². The summed E-state index contributed by atoms with van der Waals surface area (Å²) >= 11 is 0. The smallest absolute Gasteiger partial charge is 0.0417 e. The molecule has 2 N–H and O–H groups in total. The molecule has 18 heavy (non-hydrogen) atoms. The second-order valence-electron chi connectivity index (χ2n) is 5.71. The van der Waals surface area contributed by atoms with E-state index in [1.807, 2.05) is 0 Å². The van der Waals surface area contributed by atoms with Crippen LogP contribution in [0.4, 0.5) is 5.69 Å². The predicted molar refractivity (Wildman–Crippen MR) is 81.0 cm³/mol. The van der Waals surface area contributed by atoms with Crippen LogP contribution in [-0.4, -0.2) is 12.6 Å². The van der Waals surface area contributed by atoms with E-state index in [-0.39, 0.29) is 6.04 Å². The van der Waals surface area contributed by atoms with Crippen molar-refractivity contribution in [3.63, 3.8) is 0 Å². The minimum Gasteiger partial charge on any atom is -0.369 e. The summed E-state index contributed by atoms with van der Waals surface area (Å²) in [6.45, 7) is 12.2. The summed E-state index contributed by atoms with van der Waals surface area (Å²) < 4.78 is 0. The topological polar surface area (TPSA) is 29.3 Å². The molecular weight excluding hydrogens is 220 g/mol. The van der Waals surface area contributed by atoms with Gasteiger partial charge >= 0.3 is 0 Å². The molecule has 0 aliphatic rings. The molecule has 0 saturated carbocycles. The van der Waals surface area contributed by atoms with Crippen molar-refractivity contribution < 1.29 is 0 Å². The van der Waals surface area contributed by atoms with Crippen LogP contribution in [0.1, 0.15) is 52.6 Å². The lowest BCUT2D eigenvalue weighted by Gasteiger charge is -2.33. The number of nitrogens with two attached hydrogens (primary N) is 1. The van der Waals surface area contributed by atoms with Crippen LogP contribution in [0.25, 0.3) is 0 Å². The molecule has 0 saturated heterocycles. The Morgan fingerprint density at radius 1 is 1.11 bits per heavy atom. The number of para-hydroxylation sites is 1. The first-order chi connectivity index (χ1) is 8.47. The van der Waals surface area contributed by atoms with Gasteiger partial charge in [0.05, 0.1) is 0 Å². The molecule has 0 aliphatic heterocycles. The summed E-state index contributed by atoms with van der Waals surface area (Å²) in [5.74, 6) is 0.651. The standard InChI is InChI=1S/C16H28N2/c1-6-15(17)14-9-7-8-10-16(14)18(13(4)5)11-12(2)3/h7-10,12-13,15H,6,11,17H2,1-5H3/t15-/m1/s1. The molecule has 0 radical (unpaired) electrons. The van der Waals surface area contributed by atoms with Crippen LogP contribution in [0.2, 0.25) is 0 Å². The maximum Gasteiger partial charge on any atom is 0.0417 e. The van der Waals surface area contributed by atoms with Gasteiger partial charge in [0.2, 0.25) is 0 Å². The quantitative estimate of drug-likeness (QED) is 0.825. The van der Waals surface area contributed by atoms with Crippen LogP contribution < -0.4 is 10.6 Å². The van der Waals surface area contributed by atoms with Gasteiger partial charge in [0, 0.05) is 24.3 Å². The molecule has 2 heteroatoms. The highest BCUT2D eigenvalue weighted by Gasteiger charge is 2.17. The number of hydrogen-bond acceptors (Lipinski definition) is 2. The lowest BCUT2D eigenvalue weighted by atomic mass is 10.0. The van der Waals surface area contributed by atoms with Crippen molar-refractivity contribution in [1.82, 2.24) is 0 Å². The maximum absolute atomic E-state index is 6.24. The maximum atomic E-state index is 6.24. The Morgan fingerprint density at radius 3 is 2.22 bits per heavy atom. The fourth-order valence-corrected chi connectivity index (χ4v) is 2.26. The molecule has 0 amide bonds. The third-order valence-corrected chi connectivity index (χ3v) is 3.27. The molecule has 2 nitrogen and oxygen atoms in total. The van der Waals surface area contributed by atoms with Crippen molar-refractivity contribution in [1.29, 1.82) is 0 Å². The number of benzene rings is 1. The Labute approximate surface area is 112 Å². The van der Waals surface area contributed by atoms with Crippen molar-refractivity contribution in [2.75, 3.05) is 11.4 Å². The molecule has 0 spiro atoms. The molecule has 0 heterocycles. The third-order valence-electron chi connectivity index (χ3n) is 3.27. The van der Waals surface area contributed by atoms with Crippen LogP contribution in [0.3, 0.4) is 0 Å². The van der Waals surface area contributed by atoms with Gasteiger partial charge in [-0.3, -0.25) is 0 Å². The van der Waals surface area contributed by atoms with Crippen LogP contribution in [-0.2, 0) is 0 Å². The second kappa shape index (κ2) is 6.79. The minimum atomic E-state index is 0.134. The van der Waals surface area contributed by atoms with Crippen LogP contribution in [0.5, 0.6) is 0 Å². The zero-order valence-corrected chi connectivity index (χ0v) is 12.5. The fraction of sp³-hybridized carbons (Fsp3) is 0.625. The third kappa shape index (κ3) is 3.74. The number of hydrogen-bond donors (Lipinski definition) is 1. The van der Waals surface area contributed by atoms with Crippen LogP contribution in [0, 0.1) is 5.92 Å².